The lowest BCUT2D eigenvalue weighted by Gasteiger charge is -2.12. The van der Waals surface area contributed by atoms with Crippen LogP contribution >= 0.6 is 0 Å². The first-order valence-electron chi connectivity index (χ1n) is 7.20. The fraction of sp³-hybridized carbons (Fsp3) is 0.467. The molecule has 0 aliphatic carbocycles. The van der Waals surface area contributed by atoms with E-state index in [9.17, 15) is 9.59 Å². The van der Waals surface area contributed by atoms with Gasteiger partial charge in [0.2, 0.25) is 5.91 Å². The minimum Gasteiger partial charge on any atom is -0.496 e. The van der Waals surface area contributed by atoms with Gasteiger partial charge in [-0.1, -0.05) is 6.07 Å². The Labute approximate surface area is 129 Å². The van der Waals surface area contributed by atoms with E-state index in [1.807, 2.05) is 6.92 Å². The zero-order valence-electron chi connectivity index (χ0n) is 12.7. The van der Waals surface area contributed by atoms with Crippen LogP contribution in [0.15, 0.2) is 18.2 Å². The lowest BCUT2D eigenvalue weighted by molar-refractivity contribution is -0.122. The predicted molar refractivity (Wildman–Crippen MR) is 80.8 cm³/mol. The third-order valence-electron chi connectivity index (χ3n) is 3.64. The number of ether oxygens (including phenoxy) is 1. The molecule has 1 aromatic carbocycles. The molecule has 1 amide bonds. The number of aromatic carboxylic acids is 1. The Hall–Kier alpha value is -2.12. The fourth-order valence-corrected chi connectivity index (χ4v) is 2.41. The number of hydrazine groups is 1. The fourth-order valence-electron chi connectivity index (χ4n) is 2.41. The van der Waals surface area contributed by atoms with Crippen LogP contribution in [-0.2, 0) is 11.2 Å². The molecule has 2 unspecified atom stereocenters. The summed E-state index contributed by atoms with van der Waals surface area (Å²) >= 11 is 0. The summed E-state index contributed by atoms with van der Waals surface area (Å²) in [6.07, 6.45) is 1.33. The number of amides is 1. The van der Waals surface area contributed by atoms with E-state index in [-0.39, 0.29) is 23.6 Å². The van der Waals surface area contributed by atoms with Gasteiger partial charge in [-0.3, -0.25) is 10.2 Å². The molecule has 7 heteroatoms. The molecule has 0 spiro atoms. The summed E-state index contributed by atoms with van der Waals surface area (Å²) in [5.74, 6) is -0.520. The van der Waals surface area contributed by atoms with Crippen LogP contribution in [0.3, 0.4) is 0 Å². The van der Waals surface area contributed by atoms with Crippen LogP contribution in [0, 0.1) is 0 Å². The number of carbonyl (C=O) groups excluding carboxylic acids is 1. The van der Waals surface area contributed by atoms with Crippen LogP contribution in [0.2, 0.25) is 0 Å². The molecule has 2 rings (SSSR count). The van der Waals surface area contributed by atoms with Crippen molar-refractivity contribution in [3.05, 3.63) is 29.3 Å². The molecule has 1 fully saturated rings. The van der Waals surface area contributed by atoms with Crippen molar-refractivity contribution in [2.45, 2.75) is 31.8 Å². The highest BCUT2D eigenvalue weighted by Gasteiger charge is 2.26. The number of benzene rings is 1. The van der Waals surface area contributed by atoms with Gasteiger partial charge < -0.3 is 15.2 Å². The maximum atomic E-state index is 12.0. The Balaban J connectivity index is 1.88. The molecular weight excluding hydrogens is 286 g/mol. The Morgan fingerprint density at radius 2 is 2.18 bits per heavy atom. The van der Waals surface area contributed by atoms with Crippen molar-refractivity contribution in [3.63, 3.8) is 0 Å². The summed E-state index contributed by atoms with van der Waals surface area (Å²) in [5.41, 5.74) is 6.99. The largest absolute Gasteiger partial charge is 0.496 e. The van der Waals surface area contributed by atoms with Gasteiger partial charge >= 0.3 is 5.97 Å². The summed E-state index contributed by atoms with van der Waals surface area (Å²) < 4.78 is 5.21. The topological polar surface area (TPSA) is 99.7 Å². The van der Waals surface area contributed by atoms with Gasteiger partial charge in [-0.15, -0.1) is 0 Å². The van der Waals surface area contributed by atoms with Gasteiger partial charge in [0.1, 0.15) is 11.8 Å². The molecular formula is C15H21N3O4. The number of hydrogen-bond donors (Lipinski definition) is 4. The number of nitrogens with one attached hydrogen (secondary N) is 3. The first-order valence-corrected chi connectivity index (χ1v) is 7.20. The summed E-state index contributed by atoms with van der Waals surface area (Å²) in [7, 11) is 1.50. The van der Waals surface area contributed by atoms with Gasteiger partial charge in [-0.05, 0) is 37.5 Å². The number of carbonyl (C=O) groups is 2. The summed E-state index contributed by atoms with van der Waals surface area (Å²) in [6.45, 7) is 2.48. The van der Waals surface area contributed by atoms with E-state index in [1.54, 1.807) is 6.07 Å². The minimum absolute atomic E-state index is 0.0435. The number of carboxylic acid groups (broad SMARTS) is 1. The Morgan fingerprint density at radius 3 is 2.77 bits per heavy atom. The normalized spacial score (nSPS) is 20.6. The minimum atomic E-state index is -0.993. The standard InChI is InChI=1S/C15H21N3O4/c1-9-7-12(18-17-9)14(19)16-6-5-10-3-4-11(15(20)21)8-13(10)22-2/h3-4,8-9,12,17-18H,5-7H2,1-2H3,(H,16,19)(H,20,21). The molecule has 4 N–H and O–H groups in total. The van der Waals surface area contributed by atoms with Crippen molar-refractivity contribution in [1.82, 2.24) is 16.2 Å². The predicted octanol–water partition coefficient (Wildman–Crippen LogP) is 0.307. The van der Waals surface area contributed by atoms with Crippen molar-refractivity contribution < 1.29 is 19.4 Å². The molecule has 22 heavy (non-hydrogen) atoms. The van der Waals surface area contributed by atoms with Gasteiger partial charge in [0.05, 0.1) is 12.7 Å². The van der Waals surface area contributed by atoms with E-state index in [0.29, 0.717) is 18.7 Å². The SMILES string of the molecule is COc1cc(C(=O)O)ccc1CCNC(=O)C1CC(C)NN1. The van der Waals surface area contributed by atoms with E-state index in [4.69, 9.17) is 9.84 Å². The highest BCUT2D eigenvalue weighted by atomic mass is 16.5. The number of methoxy groups -OCH3 is 1. The molecule has 1 aromatic rings. The first-order chi connectivity index (χ1) is 10.5. The Bertz CT molecular complexity index is 562. The van der Waals surface area contributed by atoms with Crippen molar-refractivity contribution in [1.29, 1.82) is 0 Å². The second-order valence-electron chi connectivity index (χ2n) is 5.35. The second-order valence-corrected chi connectivity index (χ2v) is 5.35. The van der Waals surface area contributed by atoms with Gasteiger partial charge in [0.25, 0.3) is 0 Å². The summed E-state index contributed by atoms with van der Waals surface area (Å²) in [4.78, 5) is 22.9. The number of hydrogen-bond acceptors (Lipinski definition) is 5. The smallest absolute Gasteiger partial charge is 0.335 e. The van der Waals surface area contributed by atoms with Gasteiger partial charge in [0, 0.05) is 12.6 Å². The molecule has 1 aliphatic rings. The van der Waals surface area contributed by atoms with Crippen LogP contribution in [0.5, 0.6) is 5.75 Å². The molecule has 0 aromatic heterocycles. The van der Waals surface area contributed by atoms with E-state index >= 15 is 0 Å². The lowest BCUT2D eigenvalue weighted by Crippen LogP contribution is -2.43. The average Bonchev–Trinajstić information content (AvgIpc) is 2.93. The van der Waals surface area contributed by atoms with Crippen LogP contribution in [0.4, 0.5) is 0 Å². The molecule has 1 saturated heterocycles. The third kappa shape index (κ3) is 3.96. The van der Waals surface area contributed by atoms with Crippen LogP contribution in [0.25, 0.3) is 0 Å². The highest BCUT2D eigenvalue weighted by molar-refractivity contribution is 5.88. The summed E-state index contributed by atoms with van der Waals surface area (Å²) in [6, 6.07) is 4.80. The first kappa shape index (κ1) is 16.3. The van der Waals surface area contributed by atoms with Crippen molar-refractivity contribution in [3.8, 4) is 5.75 Å². The molecule has 1 heterocycles. The van der Waals surface area contributed by atoms with E-state index in [0.717, 1.165) is 12.0 Å². The van der Waals surface area contributed by atoms with E-state index in [1.165, 1.54) is 19.2 Å². The van der Waals surface area contributed by atoms with Gasteiger partial charge in [0.15, 0.2) is 0 Å². The monoisotopic (exact) mass is 307 g/mol. The molecule has 0 radical (unpaired) electrons. The molecule has 7 nitrogen and oxygen atoms in total. The molecule has 0 bridgehead atoms. The summed E-state index contributed by atoms with van der Waals surface area (Å²) in [5, 5.41) is 11.8. The van der Waals surface area contributed by atoms with Crippen molar-refractivity contribution in [2.75, 3.05) is 13.7 Å². The third-order valence-corrected chi connectivity index (χ3v) is 3.64. The second kappa shape index (κ2) is 7.24. The average molecular weight is 307 g/mol. The van der Waals surface area contributed by atoms with E-state index < -0.39 is 5.97 Å². The van der Waals surface area contributed by atoms with Crippen molar-refractivity contribution in [2.24, 2.45) is 0 Å². The van der Waals surface area contributed by atoms with Gasteiger partial charge in [-0.2, -0.15) is 0 Å². The quantitative estimate of drug-likeness (QED) is 0.603. The van der Waals surface area contributed by atoms with Crippen LogP contribution in [-0.4, -0.2) is 42.7 Å². The zero-order chi connectivity index (χ0) is 16.1. The van der Waals surface area contributed by atoms with Crippen molar-refractivity contribution >= 4 is 11.9 Å². The molecule has 2 atom stereocenters. The maximum Gasteiger partial charge on any atom is 0.335 e. The Kier molecular flexibility index (Phi) is 5.35. The van der Waals surface area contributed by atoms with Crippen LogP contribution in [0.1, 0.15) is 29.3 Å². The highest BCUT2D eigenvalue weighted by Crippen LogP contribution is 2.20. The number of rotatable bonds is 6. The molecule has 1 aliphatic heterocycles. The molecule has 120 valence electrons. The Morgan fingerprint density at radius 1 is 1.41 bits per heavy atom. The van der Waals surface area contributed by atoms with Gasteiger partial charge in [-0.25, -0.2) is 10.2 Å². The number of carboxylic acids is 1. The van der Waals surface area contributed by atoms with E-state index in [2.05, 4.69) is 16.2 Å². The maximum absolute atomic E-state index is 12.0. The van der Waals surface area contributed by atoms with Crippen LogP contribution < -0.4 is 20.9 Å². The zero-order valence-corrected chi connectivity index (χ0v) is 12.7. The lowest BCUT2D eigenvalue weighted by atomic mass is 10.1. The molecule has 0 saturated carbocycles.